The second-order valence-corrected chi connectivity index (χ2v) is 9.18. The maximum absolute atomic E-state index is 13.1. The number of hydrogen-bond acceptors (Lipinski definition) is 5. The summed E-state index contributed by atoms with van der Waals surface area (Å²) in [5, 5.41) is 5.41. The highest BCUT2D eigenvalue weighted by Gasteiger charge is 2.29. The number of carbonyl (C=O) groups excluding carboxylic acids is 2. The molecule has 1 saturated heterocycles. The Balaban J connectivity index is 1.39. The van der Waals surface area contributed by atoms with Crippen LogP contribution < -0.4 is 5.32 Å². The number of piperidine rings is 1. The summed E-state index contributed by atoms with van der Waals surface area (Å²) in [5.41, 5.74) is 1.29. The number of thiophene rings is 1. The maximum atomic E-state index is 13.1. The Morgan fingerprint density at radius 3 is 2.72 bits per heavy atom. The van der Waals surface area contributed by atoms with Gasteiger partial charge in [-0.3, -0.25) is 9.59 Å². The van der Waals surface area contributed by atoms with Crippen molar-refractivity contribution >= 4 is 39.6 Å². The van der Waals surface area contributed by atoms with Crippen molar-refractivity contribution in [3.05, 3.63) is 58.0 Å². The first-order chi connectivity index (χ1) is 14.0. The lowest BCUT2D eigenvalue weighted by molar-refractivity contribution is -0.121. The molecule has 0 spiro atoms. The summed E-state index contributed by atoms with van der Waals surface area (Å²) in [6, 6.07) is 9.58. The molecule has 1 unspecified atom stereocenters. The number of aryl methyl sites for hydroxylation is 1. The molecule has 3 aromatic rings. The third kappa shape index (κ3) is 4.54. The number of thiazole rings is 1. The number of carbonyl (C=O) groups is 2. The molecular formula is C21H20FN3O2S2. The number of anilines is 1. The number of rotatable bonds is 4. The molecular weight excluding hydrogens is 409 g/mol. The predicted octanol–water partition coefficient (Wildman–Crippen LogP) is 4.81. The number of likely N-dealkylation sites (tertiary alicyclic amines) is 1. The van der Waals surface area contributed by atoms with E-state index in [1.165, 1.54) is 40.5 Å². The zero-order valence-electron chi connectivity index (χ0n) is 15.9. The molecule has 1 atom stereocenters. The Hall–Kier alpha value is -2.58. The largest absolute Gasteiger partial charge is 0.338 e. The molecule has 5 nitrogen and oxygen atoms in total. The van der Waals surface area contributed by atoms with Crippen LogP contribution in [0.4, 0.5) is 9.52 Å². The van der Waals surface area contributed by atoms with Gasteiger partial charge < -0.3 is 10.2 Å². The van der Waals surface area contributed by atoms with Gasteiger partial charge in [-0.15, -0.1) is 22.7 Å². The monoisotopic (exact) mass is 429 g/mol. The molecule has 4 rings (SSSR count). The Kier molecular flexibility index (Phi) is 5.73. The van der Waals surface area contributed by atoms with Crippen molar-refractivity contribution in [2.24, 2.45) is 5.92 Å². The summed E-state index contributed by atoms with van der Waals surface area (Å²) in [6.07, 6.45) is 1.48. The van der Waals surface area contributed by atoms with Crippen LogP contribution in [0.15, 0.2) is 41.8 Å². The van der Waals surface area contributed by atoms with E-state index in [2.05, 4.69) is 10.3 Å². The van der Waals surface area contributed by atoms with Gasteiger partial charge in [-0.2, -0.15) is 0 Å². The van der Waals surface area contributed by atoms with Crippen LogP contribution in [0.2, 0.25) is 0 Å². The molecule has 1 N–H and O–H groups in total. The van der Waals surface area contributed by atoms with Crippen LogP contribution in [0.3, 0.4) is 0 Å². The number of aromatic nitrogens is 1. The van der Waals surface area contributed by atoms with Gasteiger partial charge in [-0.25, -0.2) is 9.37 Å². The average molecular weight is 430 g/mol. The molecule has 0 saturated carbocycles. The van der Waals surface area contributed by atoms with Crippen molar-refractivity contribution in [3.63, 3.8) is 0 Å². The van der Waals surface area contributed by atoms with E-state index in [-0.39, 0.29) is 23.5 Å². The Bertz CT molecular complexity index is 1030. The number of nitrogens with one attached hydrogen (secondary N) is 1. The quantitative estimate of drug-likeness (QED) is 0.647. The van der Waals surface area contributed by atoms with Crippen molar-refractivity contribution in [1.29, 1.82) is 0 Å². The van der Waals surface area contributed by atoms with E-state index in [0.29, 0.717) is 23.8 Å². The lowest BCUT2D eigenvalue weighted by atomic mass is 9.96. The molecule has 150 valence electrons. The molecule has 2 amide bonds. The van der Waals surface area contributed by atoms with Crippen LogP contribution in [0, 0.1) is 18.7 Å². The minimum absolute atomic E-state index is 0.120. The topological polar surface area (TPSA) is 62.3 Å². The summed E-state index contributed by atoms with van der Waals surface area (Å²) in [7, 11) is 0. The number of hydrogen-bond donors (Lipinski definition) is 1. The minimum atomic E-state index is -0.377. The number of benzene rings is 1. The van der Waals surface area contributed by atoms with Gasteiger partial charge in [0.2, 0.25) is 5.91 Å². The third-order valence-corrected chi connectivity index (χ3v) is 6.68. The van der Waals surface area contributed by atoms with Gasteiger partial charge in [0.05, 0.1) is 16.5 Å². The van der Waals surface area contributed by atoms with Crippen LogP contribution in [0.1, 0.15) is 28.1 Å². The van der Waals surface area contributed by atoms with Gasteiger partial charge in [-0.1, -0.05) is 0 Å². The molecule has 1 aliphatic rings. The van der Waals surface area contributed by atoms with Crippen molar-refractivity contribution in [2.75, 3.05) is 18.4 Å². The SMILES string of the molecule is Cc1ccc(-c2csc(NC(=O)C3CCCN(C(=O)c4ccc(F)cc4)C3)n2)s1. The highest BCUT2D eigenvalue weighted by Crippen LogP contribution is 2.31. The summed E-state index contributed by atoms with van der Waals surface area (Å²) in [4.78, 5) is 33.9. The fraction of sp³-hybridized carbons (Fsp3) is 0.286. The summed E-state index contributed by atoms with van der Waals surface area (Å²) in [6.45, 7) is 2.99. The Labute approximate surface area is 176 Å². The van der Waals surface area contributed by atoms with Gasteiger partial charge in [0.1, 0.15) is 5.82 Å². The van der Waals surface area contributed by atoms with Crippen molar-refractivity contribution < 1.29 is 14.0 Å². The van der Waals surface area contributed by atoms with Crippen molar-refractivity contribution in [2.45, 2.75) is 19.8 Å². The third-order valence-electron chi connectivity index (χ3n) is 4.90. The van der Waals surface area contributed by atoms with Crippen molar-refractivity contribution in [3.8, 4) is 10.6 Å². The van der Waals surface area contributed by atoms with Gasteiger partial charge in [0.15, 0.2) is 5.13 Å². The highest BCUT2D eigenvalue weighted by molar-refractivity contribution is 7.17. The molecule has 29 heavy (non-hydrogen) atoms. The van der Waals surface area contributed by atoms with E-state index in [9.17, 15) is 14.0 Å². The molecule has 3 heterocycles. The molecule has 1 fully saturated rings. The van der Waals surface area contributed by atoms with E-state index in [4.69, 9.17) is 0 Å². The lowest BCUT2D eigenvalue weighted by Crippen LogP contribution is -2.43. The predicted molar refractivity (Wildman–Crippen MR) is 114 cm³/mol. The Morgan fingerprint density at radius 2 is 2.00 bits per heavy atom. The van der Waals surface area contributed by atoms with Gasteiger partial charge in [0.25, 0.3) is 5.91 Å². The van der Waals surface area contributed by atoms with Crippen LogP contribution in [0.5, 0.6) is 0 Å². The first-order valence-electron chi connectivity index (χ1n) is 9.37. The van der Waals surface area contributed by atoms with Crippen LogP contribution in [-0.4, -0.2) is 34.8 Å². The van der Waals surface area contributed by atoms with Crippen LogP contribution in [-0.2, 0) is 4.79 Å². The zero-order chi connectivity index (χ0) is 20.4. The maximum Gasteiger partial charge on any atom is 0.253 e. The zero-order valence-corrected chi connectivity index (χ0v) is 17.5. The highest BCUT2D eigenvalue weighted by atomic mass is 32.1. The van der Waals surface area contributed by atoms with Gasteiger partial charge in [-0.05, 0) is 56.2 Å². The number of nitrogens with zero attached hydrogens (tertiary/aromatic N) is 2. The van der Waals surface area contributed by atoms with E-state index in [1.54, 1.807) is 16.2 Å². The van der Waals surface area contributed by atoms with E-state index in [0.717, 1.165) is 23.4 Å². The molecule has 0 radical (unpaired) electrons. The van der Waals surface area contributed by atoms with Gasteiger partial charge in [0, 0.05) is 28.9 Å². The van der Waals surface area contributed by atoms with E-state index < -0.39 is 0 Å². The fourth-order valence-corrected chi connectivity index (χ4v) is 4.99. The Morgan fingerprint density at radius 1 is 1.21 bits per heavy atom. The van der Waals surface area contributed by atoms with E-state index >= 15 is 0 Å². The second kappa shape index (κ2) is 8.42. The molecule has 8 heteroatoms. The standard InChI is InChI=1S/C21H20FN3O2S2/c1-13-4-9-18(29-13)17-12-28-21(23-17)24-19(26)15-3-2-10-25(11-15)20(27)14-5-7-16(22)8-6-14/h4-9,12,15H,2-3,10-11H2,1H3,(H,23,24,26). The summed E-state index contributed by atoms with van der Waals surface area (Å²) < 4.78 is 13.1. The summed E-state index contributed by atoms with van der Waals surface area (Å²) >= 11 is 3.07. The molecule has 2 aromatic heterocycles. The van der Waals surface area contributed by atoms with E-state index in [1.807, 2.05) is 24.4 Å². The second-order valence-electron chi connectivity index (χ2n) is 7.03. The van der Waals surface area contributed by atoms with Crippen molar-refractivity contribution in [1.82, 2.24) is 9.88 Å². The van der Waals surface area contributed by atoms with Gasteiger partial charge >= 0.3 is 0 Å². The smallest absolute Gasteiger partial charge is 0.253 e. The number of halogens is 1. The summed E-state index contributed by atoms with van der Waals surface area (Å²) in [5.74, 6) is -0.959. The normalized spacial score (nSPS) is 16.6. The molecule has 0 bridgehead atoms. The average Bonchev–Trinajstić information content (AvgIpc) is 3.37. The van der Waals surface area contributed by atoms with Crippen LogP contribution >= 0.6 is 22.7 Å². The fourth-order valence-electron chi connectivity index (χ4n) is 3.37. The minimum Gasteiger partial charge on any atom is -0.338 e. The van der Waals surface area contributed by atoms with Crippen LogP contribution in [0.25, 0.3) is 10.6 Å². The number of amides is 2. The molecule has 1 aliphatic heterocycles. The molecule has 1 aromatic carbocycles. The molecule has 0 aliphatic carbocycles. The first-order valence-corrected chi connectivity index (χ1v) is 11.1. The first kappa shape index (κ1) is 19.7. The lowest BCUT2D eigenvalue weighted by Gasteiger charge is -2.32.